The molecule has 0 aromatic carbocycles. The van der Waals surface area contributed by atoms with Crippen LogP contribution in [0.4, 0.5) is 0 Å². The third-order valence-corrected chi connectivity index (χ3v) is 5.27. The lowest BCUT2D eigenvalue weighted by molar-refractivity contribution is 0.393. The topological polar surface area (TPSA) is 74.1 Å². The van der Waals surface area contributed by atoms with Crippen molar-refractivity contribution in [1.29, 1.82) is 5.26 Å². The van der Waals surface area contributed by atoms with E-state index in [1.807, 2.05) is 6.07 Å². The molecule has 0 aliphatic carbocycles. The van der Waals surface area contributed by atoms with Gasteiger partial charge in [0.1, 0.15) is 10.0 Å². The molecule has 0 fully saturated rings. The zero-order chi connectivity index (χ0) is 13.9. The van der Waals surface area contributed by atoms with Crippen LogP contribution in [-0.4, -0.2) is 30.8 Å². The first kappa shape index (κ1) is 15.4. The van der Waals surface area contributed by atoms with Gasteiger partial charge in [-0.1, -0.05) is 11.6 Å². The number of aromatic nitrogens is 1. The quantitative estimate of drug-likeness (QED) is 0.780. The lowest BCUT2D eigenvalue weighted by Gasteiger charge is -2.22. The van der Waals surface area contributed by atoms with Crippen LogP contribution in [0.5, 0.6) is 0 Å². The van der Waals surface area contributed by atoms with Crippen LogP contribution in [0.15, 0.2) is 21.6 Å². The van der Waals surface area contributed by atoms with Crippen LogP contribution in [0.25, 0.3) is 0 Å². The van der Waals surface area contributed by atoms with Crippen molar-refractivity contribution in [3.8, 4) is 6.07 Å². The van der Waals surface area contributed by atoms with Gasteiger partial charge < -0.3 is 0 Å². The SMILES string of the molecule is CC(CC#N)N(C)S(=O)(=O)c1cc(Br)cnc1Cl. The van der Waals surface area contributed by atoms with Crippen molar-refractivity contribution in [3.63, 3.8) is 0 Å². The standard InChI is InChI=1S/C10H11BrClN3O2S/c1-7(3-4-13)15(2)18(16,17)9-5-8(11)6-14-10(9)12/h5-7H,3H2,1-2H3. The molecule has 1 aromatic rings. The summed E-state index contributed by atoms with van der Waals surface area (Å²) in [6.45, 7) is 1.65. The molecular formula is C10H11BrClN3O2S. The third kappa shape index (κ3) is 3.20. The molecule has 0 radical (unpaired) electrons. The zero-order valence-corrected chi connectivity index (χ0v) is 12.9. The average molecular weight is 353 g/mol. The second-order valence-electron chi connectivity index (χ2n) is 3.67. The first-order valence-electron chi connectivity index (χ1n) is 4.96. The molecule has 0 saturated carbocycles. The molecule has 5 nitrogen and oxygen atoms in total. The number of hydrogen-bond acceptors (Lipinski definition) is 4. The van der Waals surface area contributed by atoms with Crippen molar-refractivity contribution in [2.24, 2.45) is 0 Å². The maximum atomic E-state index is 12.3. The van der Waals surface area contributed by atoms with Crippen LogP contribution in [0, 0.1) is 11.3 Å². The zero-order valence-electron chi connectivity index (χ0n) is 9.76. The highest BCUT2D eigenvalue weighted by molar-refractivity contribution is 9.10. The predicted octanol–water partition coefficient (Wildman–Crippen LogP) is 2.42. The number of hydrogen-bond donors (Lipinski definition) is 0. The van der Waals surface area contributed by atoms with Crippen molar-refractivity contribution in [2.75, 3.05) is 7.05 Å². The van der Waals surface area contributed by atoms with E-state index in [0.29, 0.717) is 4.47 Å². The van der Waals surface area contributed by atoms with E-state index >= 15 is 0 Å². The molecule has 0 amide bonds. The summed E-state index contributed by atoms with van der Waals surface area (Å²) in [5.74, 6) is 0. The van der Waals surface area contributed by atoms with Gasteiger partial charge in [-0.2, -0.15) is 9.57 Å². The van der Waals surface area contributed by atoms with Gasteiger partial charge in [0.25, 0.3) is 0 Å². The first-order valence-corrected chi connectivity index (χ1v) is 7.58. The van der Waals surface area contributed by atoms with Crippen molar-refractivity contribution in [3.05, 3.63) is 21.9 Å². The van der Waals surface area contributed by atoms with E-state index in [1.165, 1.54) is 19.3 Å². The summed E-state index contributed by atoms with van der Waals surface area (Å²) in [5, 5.41) is 8.51. The number of nitriles is 1. The Morgan fingerprint density at radius 3 is 2.83 bits per heavy atom. The van der Waals surface area contributed by atoms with Crippen LogP contribution >= 0.6 is 27.5 Å². The summed E-state index contributed by atoms with van der Waals surface area (Å²) in [6.07, 6.45) is 1.52. The Morgan fingerprint density at radius 1 is 1.67 bits per heavy atom. The van der Waals surface area contributed by atoms with Gasteiger partial charge >= 0.3 is 0 Å². The highest BCUT2D eigenvalue weighted by Crippen LogP contribution is 2.26. The summed E-state index contributed by atoms with van der Waals surface area (Å²) in [5.41, 5.74) is 0. The minimum Gasteiger partial charge on any atom is -0.242 e. The highest BCUT2D eigenvalue weighted by Gasteiger charge is 2.28. The molecule has 1 aromatic heterocycles. The van der Waals surface area contributed by atoms with E-state index in [9.17, 15) is 8.42 Å². The third-order valence-electron chi connectivity index (χ3n) is 2.44. The molecule has 0 aliphatic rings. The molecule has 0 bridgehead atoms. The van der Waals surface area contributed by atoms with Gasteiger partial charge in [-0.3, -0.25) is 0 Å². The van der Waals surface area contributed by atoms with E-state index in [0.717, 1.165) is 4.31 Å². The second-order valence-corrected chi connectivity index (χ2v) is 6.91. The molecule has 0 aliphatic heterocycles. The number of rotatable bonds is 4. The lowest BCUT2D eigenvalue weighted by atomic mass is 10.3. The molecule has 0 saturated heterocycles. The predicted molar refractivity (Wildman–Crippen MR) is 71.6 cm³/mol. The maximum absolute atomic E-state index is 12.3. The van der Waals surface area contributed by atoms with Crippen LogP contribution < -0.4 is 0 Å². The largest absolute Gasteiger partial charge is 0.246 e. The Balaban J connectivity index is 3.22. The monoisotopic (exact) mass is 351 g/mol. The van der Waals surface area contributed by atoms with Crippen molar-refractivity contribution >= 4 is 37.6 Å². The van der Waals surface area contributed by atoms with Gasteiger partial charge in [0.15, 0.2) is 0 Å². The minimum atomic E-state index is -3.76. The lowest BCUT2D eigenvalue weighted by Crippen LogP contribution is -2.35. The van der Waals surface area contributed by atoms with E-state index in [2.05, 4.69) is 20.9 Å². The summed E-state index contributed by atoms with van der Waals surface area (Å²) in [6, 6.07) is 2.89. The number of sulfonamides is 1. The summed E-state index contributed by atoms with van der Waals surface area (Å²) >= 11 is 8.95. The normalized spacial score (nSPS) is 13.3. The molecule has 8 heteroatoms. The van der Waals surface area contributed by atoms with E-state index in [-0.39, 0.29) is 16.5 Å². The van der Waals surface area contributed by atoms with Crippen LogP contribution in [-0.2, 0) is 10.0 Å². The molecular weight excluding hydrogens is 342 g/mol. The molecule has 1 unspecified atom stereocenters. The van der Waals surface area contributed by atoms with Gasteiger partial charge in [-0.05, 0) is 28.9 Å². The summed E-state index contributed by atoms with van der Waals surface area (Å²) in [7, 11) is -2.34. The summed E-state index contributed by atoms with van der Waals surface area (Å²) < 4.78 is 26.2. The van der Waals surface area contributed by atoms with Crippen LogP contribution in [0.1, 0.15) is 13.3 Å². The van der Waals surface area contributed by atoms with Gasteiger partial charge in [-0.25, -0.2) is 13.4 Å². The Kier molecular flexibility index (Phi) is 5.10. The Labute approximate surface area is 120 Å². The highest BCUT2D eigenvalue weighted by atomic mass is 79.9. The fourth-order valence-corrected chi connectivity index (χ4v) is 3.52. The molecule has 0 spiro atoms. The maximum Gasteiger partial charge on any atom is 0.246 e. The molecule has 1 heterocycles. The van der Waals surface area contributed by atoms with Crippen LogP contribution in [0.3, 0.4) is 0 Å². The fraction of sp³-hybridized carbons (Fsp3) is 0.400. The average Bonchev–Trinajstić information content (AvgIpc) is 2.31. The van der Waals surface area contributed by atoms with Crippen LogP contribution in [0.2, 0.25) is 5.15 Å². The first-order chi connectivity index (χ1) is 8.30. The molecule has 1 rings (SSSR count). The van der Waals surface area contributed by atoms with Gasteiger partial charge in [-0.15, -0.1) is 0 Å². The number of pyridine rings is 1. The fourth-order valence-electron chi connectivity index (χ4n) is 1.24. The number of nitrogens with zero attached hydrogens (tertiary/aromatic N) is 3. The molecule has 1 atom stereocenters. The van der Waals surface area contributed by atoms with E-state index in [1.54, 1.807) is 6.92 Å². The Hall–Kier alpha value is -0.680. The Morgan fingerprint density at radius 2 is 2.28 bits per heavy atom. The summed E-state index contributed by atoms with van der Waals surface area (Å²) in [4.78, 5) is 3.70. The minimum absolute atomic E-state index is 0.0779. The van der Waals surface area contributed by atoms with Crippen molar-refractivity contribution in [2.45, 2.75) is 24.3 Å². The smallest absolute Gasteiger partial charge is 0.242 e. The second kappa shape index (κ2) is 5.97. The van der Waals surface area contributed by atoms with Gasteiger partial charge in [0.05, 0.1) is 12.5 Å². The Bertz CT molecular complexity index is 585. The van der Waals surface area contributed by atoms with E-state index in [4.69, 9.17) is 16.9 Å². The molecule has 18 heavy (non-hydrogen) atoms. The van der Waals surface area contributed by atoms with Gasteiger partial charge in [0, 0.05) is 23.8 Å². The van der Waals surface area contributed by atoms with Crippen molar-refractivity contribution in [1.82, 2.24) is 9.29 Å². The number of halogens is 2. The molecule has 0 N–H and O–H groups in total. The molecule has 98 valence electrons. The van der Waals surface area contributed by atoms with Gasteiger partial charge in [0.2, 0.25) is 10.0 Å². The van der Waals surface area contributed by atoms with E-state index < -0.39 is 16.1 Å². The van der Waals surface area contributed by atoms with Crippen molar-refractivity contribution < 1.29 is 8.42 Å².